The summed E-state index contributed by atoms with van der Waals surface area (Å²) >= 11 is 0. The smallest absolute Gasteiger partial charge is 0.141 e. The first-order chi connectivity index (χ1) is 10.2. The van der Waals surface area contributed by atoms with Crippen LogP contribution >= 0.6 is 0 Å². The summed E-state index contributed by atoms with van der Waals surface area (Å²) in [6, 6.07) is 10.8. The van der Waals surface area contributed by atoms with Crippen molar-refractivity contribution >= 4 is 10.9 Å². The maximum absolute atomic E-state index is 12.9. The van der Waals surface area contributed by atoms with Gasteiger partial charge < -0.3 is 5.73 Å². The number of aryl methyl sites for hydroxylation is 1. The third kappa shape index (κ3) is 2.64. The summed E-state index contributed by atoms with van der Waals surface area (Å²) in [5.41, 5.74) is 8.91. The van der Waals surface area contributed by atoms with Gasteiger partial charge in [0.05, 0.1) is 29.1 Å². The quantitative estimate of drug-likeness (QED) is 0.801. The summed E-state index contributed by atoms with van der Waals surface area (Å²) in [5.74, 6) is -0.355. The monoisotopic (exact) mass is 284 g/mol. The number of fused-ring (bicyclic) bond motifs is 1. The molecule has 0 saturated carbocycles. The zero-order chi connectivity index (χ0) is 14.8. The third-order valence-electron chi connectivity index (χ3n) is 3.58. The van der Waals surface area contributed by atoms with E-state index >= 15 is 0 Å². The highest BCUT2D eigenvalue weighted by molar-refractivity contribution is 5.82. The van der Waals surface area contributed by atoms with Crippen molar-refractivity contribution in [3.63, 3.8) is 0 Å². The topological polar surface area (TPSA) is 56.7 Å². The molecule has 1 unspecified atom stereocenters. The van der Waals surface area contributed by atoms with Gasteiger partial charge in [-0.1, -0.05) is 18.2 Å². The lowest BCUT2D eigenvalue weighted by atomic mass is 10.1. The second kappa shape index (κ2) is 5.61. The summed E-state index contributed by atoms with van der Waals surface area (Å²) in [6.45, 7) is 2.87. The van der Waals surface area contributed by atoms with Crippen LogP contribution in [0.1, 0.15) is 24.4 Å². The Labute approximate surface area is 122 Å². The fourth-order valence-electron chi connectivity index (χ4n) is 2.51. The molecule has 5 heteroatoms. The predicted octanol–water partition coefficient (Wildman–Crippen LogP) is 2.83. The Balaban J connectivity index is 1.92. The van der Waals surface area contributed by atoms with Gasteiger partial charge in [-0.15, -0.1) is 0 Å². The highest BCUT2D eigenvalue weighted by atomic mass is 19.1. The molecule has 2 N–H and O–H groups in total. The first kappa shape index (κ1) is 13.7. The number of aromatic nitrogens is 3. The number of nitrogens with zero attached hydrogens (tertiary/aromatic N) is 3. The van der Waals surface area contributed by atoms with E-state index in [1.54, 1.807) is 6.07 Å². The molecule has 1 atom stereocenters. The Morgan fingerprint density at radius 1 is 1.24 bits per heavy atom. The lowest BCUT2D eigenvalue weighted by Crippen LogP contribution is -2.15. The molecule has 0 bridgehead atoms. The van der Waals surface area contributed by atoms with E-state index in [-0.39, 0.29) is 11.9 Å². The second-order valence-electron chi connectivity index (χ2n) is 4.99. The van der Waals surface area contributed by atoms with Crippen molar-refractivity contribution in [2.24, 2.45) is 5.73 Å². The van der Waals surface area contributed by atoms with Gasteiger partial charge in [0.2, 0.25) is 0 Å². The van der Waals surface area contributed by atoms with Gasteiger partial charge in [0, 0.05) is 18.4 Å². The van der Waals surface area contributed by atoms with E-state index in [0.717, 1.165) is 23.1 Å². The van der Waals surface area contributed by atoms with Crippen LogP contribution in [-0.2, 0) is 13.0 Å². The van der Waals surface area contributed by atoms with Gasteiger partial charge in [0.25, 0.3) is 0 Å². The lowest BCUT2D eigenvalue weighted by Gasteiger charge is -2.09. The predicted molar refractivity (Wildman–Crippen MR) is 80.2 cm³/mol. The molecule has 0 aliphatic carbocycles. The Bertz CT molecular complexity index is 749. The number of nitrogens with two attached hydrogens (primary N) is 1. The number of para-hydroxylation sites is 1. The molecule has 3 rings (SSSR count). The summed E-state index contributed by atoms with van der Waals surface area (Å²) in [7, 11) is 0. The van der Waals surface area contributed by atoms with E-state index in [0.29, 0.717) is 12.1 Å². The molecule has 0 aliphatic rings. The first-order valence-corrected chi connectivity index (χ1v) is 7.00. The summed E-state index contributed by atoms with van der Waals surface area (Å²) in [5, 5.41) is 5.73. The minimum absolute atomic E-state index is 0.297. The largest absolute Gasteiger partial charge is 0.322 e. The van der Waals surface area contributed by atoms with Gasteiger partial charge in [-0.25, -0.2) is 4.39 Å². The molecule has 2 heterocycles. The van der Waals surface area contributed by atoms with Crippen molar-refractivity contribution in [2.75, 3.05) is 0 Å². The van der Waals surface area contributed by atoms with Crippen molar-refractivity contribution in [2.45, 2.75) is 25.9 Å². The van der Waals surface area contributed by atoms with Crippen LogP contribution in [-0.4, -0.2) is 14.8 Å². The number of hydrogen-bond donors (Lipinski definition) is 1. The average molecular weight is 284 g/mol. The molecule has 1 aromatic carbocycles. The summed E-state index contributed by atoms with van der Waals surface area (Å²) in [4.78, 5) is 4.05. The molecular weight excluding hydrogens is 267 g/mol. The fraction of sp³-hybridized carbons (Fsp3) is 0.250. The molecule has 0 spiro atoms. The van der Waals surface area contributed by atoms with E-state index in [2.05, 4.69) is 29.1 Å². The van der Waals surface area contributed by atoms with E-state index < -0.39 is 0 Å². The Hall–Kier alpha value is -2.27. The molecule has 0 amide bonds. The zero-order valence-corrected chi connectivity index (χ0v) is 11.8. The maximum Gasteiger partial charge on any atom is 0.141 e. The van der Waals surface area contributed by atoms with Crippen LogP contribution in [0.4, 0.5) is 4.39 Å². The Morgan fingerprint density at radius 2 is 2.05 bits per heavy atom. The second-order valence-corrected chi connectivity index (χ2v) is 4.99. The zero-order valence-electron chi connectivity index (χ0n) is 11.8. The van der Waals surface area contributed by atoms with Crippen LogP contribution < -0.4 is 5.73 Å². The van der Waals surface area contributed by atoms with Gasteiger partial charge in [-0.2, -0.15) is 5.10 Å². The Morgan fingerprint density at radius 3 is 2.76 bits per heavy atom. The highest BCUT2D eigenvalue weighted by Crippen LogP contribution is 2.22. The molecule has 3 aromatic rings. The molecule has 0 fully saturated rings. The van der Waals surface area contributed by atoms with Gasteiger partial charge in [-0.3, -0.25) is 9.67 Å². The normalized spacial score (nSPS) is 12.7. The Kier molecular flexibility index (Phi) is 3.66. The molecular formula is C16H17FN4. The van der Waals surface area contributed by atoms with Crippen LogP contribution in [0, 0.1) is 5.82 Å². The van der Waals surface area contributed by atoms with Crippen molar-refractivity contribution in [3.8, 4) is 0 Å². The van der Waals surface area contributed by atoms with Crippen LogP contribution in [0.3, 0.4) is 0 Å². The summed E-state index contributed by atoms with van der Waals surface area (Å²) in [6.07, 6.45) is 1.77. The van der Waals surface area contributed by atoms with Gasteiger partial charge in [0.15, 0.2) is 0 Å². The van der Waals surface area contributed by atoms with Crippen LogP contribution in [0.5, 0.6) is 0 Å². The van der Waals surface area contributed by atoms with Crippen LogP contribution in [0.25, 0.3) is 10.9 Å². The molecule has 4 nitrogen and oxygen atoms in total. The minimum atomic E-state index is -0.355. The number of hydrogen-bond acceptors (Lipinski definition) is 3. The number of benzene rings is 1. The van der Waals surface area contributed by atoms with Gasteiger partial charge >= 0.3 is 0 Å². The van der Waals surface area contributed by atoms with Crippen molar-refractivity contribution in [3.05, 3.63) is 59.8 Å². The van der Waals surface area contributed by atoms with Crippen LogP contribution in [0.2, 0.25) is 0 Å². The SMILES string of the molecule is CCn1nc(CC(N)c2ccc(F)cn2)c2ccccc21. The average Bonchev–Trinajstić information content (AvgIpc) is 2.86. The number of rotatable bonds is 4. The number of pyridine rings is 1. The van der Waals surface area contributed by atoms with Crippen molar-refractivity contribution < 1.29 is 4.39 Å². The van der Waals surface area contributed by atoms with E-state index in [1.807, 2.05) is 16.8 Å². The molecule has 108 valence electrons. The molecule has 0 aliphatic heterocycles. The van der Waals surface area contributed by atoms with Crippen LogP contribution in [0.15, 0.2) is 42.6 Å². The molecule has 2 aromatic heterocycles. The molecule has 0 saturated heterocycles. The summed E-state index contributed by atoms with van der Waals surface area (Å²) < 4.78 is 14.9. The highest BCUT2D eigenvalue weighted by Gasteiger charge is 2.15. The minimum Gasteiger partial charge on any atom is -0.322 e. The van der Waals surface area contributed by atoms with Gasteiger partial charge in [0.1, 0.15) is 5.82 Å². The van der Waals surface area contributed by atoms with Crippen molar-refractivity contribution in [1.29, 1.82) is 0 Å². The van der Waals surface area contributed by atoms with E-state index in [1.165, 1.54) is 12.3 Å². The third-order valence-corrected chi connectivity index (χ3v) is 3.58. The molecule has 0 radical (unpaired) electrons. The number of halogens is 1. The van der Waals surface area contributed by atoms with Crippen molar-refractivity contribution in [1.82, 2.24) is 14.8 Å². The standard InChI is InChI=1S/C16H17FN4/c1-2-21-16-6-4-3-5-12(16)15(20-21)9-13(18)14-8-7-11(17)10-19-14/h3-8,10,13H,2,9,18H2,1H3. The first-order valence-electron chi connectivity index (χ1n) is 7.00. The molecule has 21 heavy (non-hydrogen) atoms. The maximum atomic E-state index is 12.9. The fourth-order valence-corrected chi connectivity index (χ4v) is 2.51. The van der Waals surface area contributed by atoms with E-state index in [4.69, 9.17) is 5.73 Å². The lowest BCUT2D eigenvalue weighted by molar-refractivity contribution is 0.607. The van der Waals surface area contributed by atoms with E-state index in [9.17, 15) is 4.39 Å². The van der Waals surface area contributed by atoms with Gasteiger partial charge in [-0.05, 0) is 25.1 Å².